The van der Waals surface area contributed by atoms with Crippen LogP contribution < -0.4 is 9.47 Å². The Kier molecular flexibility index (Phi) is 5.21. The number of ether oxygens (including phenoxy) is 3. The normalized spacial score (nSPS) is 11.4. The number of hydrogen-bond acceptors (Lipinski definition) is 4. The van der Waals surface area contributed by atoms with Crippen molar-refractivity contribution < 1.29 is 27.4 Å². The van der Waals surface area contributed by atoms with Crippen molar-refractivity contribution in [3.63, 3.8) is 0 Å². The highest BCUT2D eigenvalue weighted by atomic mass is 19.4. The predicted molar refractivity (Wildman–Crippen MR) is 57.6 cm³/mol. The van der Waals surface area contributed by atoms with Gasteiger partial charge in [0.2, 0.25) is 0 Å². The molecule has 102 valence electrons. The molecule has 0 saturated heterocycles. The van der Waals surface area contributed by atoms with Crippen LogP contribution in [0, 0.1) is 6.92 Å². The molecule has 18 heavy (non-hydrogen) atoms. The van der Waals surface area contributed by atoms with Crippen molar-refractivity contribution in [3.8, 4) is 11.6 Å². The number of aromatic nitrogens is 1. The number of aryl methyl sites for hydroxylation is 1. The zero-order valence-electron chi connectivity index (χ0n) is 10.1. The zero-order valence-corrected chi connectivity index (χ0v) is 10.1. The topological polar surface area (TPSA) is 40.6 Å². The zero-order chi connectivity index (χ0) is 13.6. The third-order valence-corrected chi connectivity index (χ3v) is 1.85. The second-order valence-corrected chi connectivity index (χ2v) is 3.33. The van der Waals surface area contributed by atoms with E-state index in [1.807, 2.05) is 0 Å². The molecule has 0 saturated carbocycles. The minimum absolute atomic E-state index is 0.232. The summed E-state index contributed by atoms with van der Waals surface area (Å²) in [5, 5.41) is 0. The maximum absolute atomic E-state index is 11.7. The van der Waals surface area contributed by atoms with Crippen LogP contribution in [0.4, 0.5) is 13.2 Å². The summed E-state index contributed by atoms with van der Waals surface area (Å²) in [6.07, 6.45) is -4.64. The smallest absolute Gasteiger partial charge is 0.486 e. The van der Waals surface area contributed by atoms with Gasteiger partial charge in [-0.1, -0.05) is 0 Å². The molecule has 0 unspecified atom stereocenters. The van der Waals surface area contributed by atoms with Gasteiger partial charge in [-0.2, -0.15) is 0 Å². The van der Waals surface area contributed by atoms with Crippen molar-refractivity contribution >= 4 is 0 Å². The number of rotatable bonds is 6. The Labute approximate surface area is 103 Å². The monoisotopic (exact) mass is 265 g/mol. The number of halogens is 3. The standard InChI is InChI=1S/C11H14F3NO3/c1-3-16-10-9(5-4-8(2)15-10)17-6-7-18-11(12,13)14/h4-5H,3,6-7H2,1-2H3. The minimum Gasteiger partial charge on any atom is -0.486 e. The molecule has 0 atom stereocenters. The molecule has 0 fully saturated rings. The molecule has 4 nitrogen and oxygen atoms in total. The second-order valence-electron chi connectivity index (χ2n) is 3.33. The van der Waals surface area contributed by atoms with Crippen LogP contribution in [-0.2, 0) is 4.74 Å². The summed E-state index contributed by atoms with van der Waals surface area (Å²) < 4.78 is 49.1. The van der Waals surface area contributed by atoms with E-state index in [9.17, 15) is 13.2 Å². The summed E-state index contributed by atoms with van der Waals surface area (Å²) >= 11 is 0. The van der Waals surface area contributed by atoms with E-state index in [0.29, 0.717) is 12.4 Å². The SMILES string of the molecule is CCOc1nc(C)ccc1OCCOC(F)(F)F. The Bertz CT molecular complexity index is 382. The predicted octanol–water partition coefficient (Wildman–Crippen LogP) is 2.70. The van der Waals surface area contributed by atoms with Crippen LogP contribution in [0.2, 0.25) is 0 Å². The third kappa shape index (κ3) is 5.22. The molecule has 0 bridgehead atoms. The van der Waals surface area contributed by atoms with Crippen molar-refractivity contribution in [2.24, 2.45) is 0 Å². The Morgan fingerprint density at radius 2 is 1.89 bits per heavy atom. The molecule has 1 rings (SSSR count). The highest BCUT2D eigenvalue weighted by Gasteiger charge is 2.28. The molecule has 7 heteroatoms. The van der Waals surface area contributed by atoms with E-state index in [2.05, 4.69) is 9.72 Å². The molecular formula is C11H14F3NO3. The average Bonchev–Trinajstić information content (AvgIpc) is 2.26. The van der Waals surface area contributed by atoms with E-state index in [-0.39, 0.29) is 12.5 Å². The lowest BCUT2D eigenvalue weighted by molar-refractivity contribution is -0.325. The summed E-state index contributed by atoms with van der Waals surface area (Å²) in [7, 11) is 0. The lowest BCUT2D eigenvalue weighted by Crippen LogP contribution is -2.18. The molecule has 1 heterocycles. The maximum atomic E-state index is 11.7. The molecule has 0 aliphatic rings. The molecule has 0 radical (unpaired) electrons. The summed E-state index contributed by atoms with van der Waals surface area (Å²) in [5.41, 5.74) is 0.734. The Morgan fingerprint density at radius 3 is 2.50 bits per heavy atom. The fourth-order valence-electron chi connectivity index (χ4n) is 1.18. The van der Waals surface area contributed by atoms with Gasteiger partial charge >= 0.3 is 6.36 Å². The van der Waals surface area contributed by atoms with Gasteiger partial charge in [0.25, 0.3) is 5.88 Å². The minimum atomic E-state index is -4.64. The molecule has 0 aromatic carbocycles. The Morgan fingerprint density at radius 1 is 1.17 bits per heavy atom. The average molecular weight is 265 g/mol. The van der Waals surface area contributed by atoms with Crippen molar-refractivity contribution in [2.45, 2.75) is 20.2 Å². The highest BCUT2D eigenvalue weighted by molar-refractivity contribution is 5.34. The molecule has 0 spiro atoms. The van der Waals surface area contributed by atoms with Crippen LogP contribution in [0.3, 0.4) is 0 Å². The molecule has 0 aliphatic carbocycles. The van der Waals surface area contributed by atoms with Gasteiger partial charge in [-0.05, 0) is 26.0 Å². The van der Waals surface area contributed by atoms with Gasteiger partial charge in [0.05, 0.1) is 13.2 Å². The fourth-order valence-corrected chi connectivity index (χ4v) is 1.18. The van der Waals surface area contributed by atoms with E-state index in [1.165, 1.54) is 0 Å². The van der Waals surface area contributed by atoms with Gasteiger partial charge in [0.1, 0.15) is 6.61 Å². The highest BCUT2D eigenvalue weighted by Crippen LogP contribution is 2.25. The van der Waals surface area contributed by atoms with Crippen LogP contribution in [0.5, 0.6) is 11.6 Å². The lowest BCUT2D eigenvalue weighted by Gasteiger charge is -2.12. The Hall–Kier alpha value is -1.50. The van der Waals surface area contributed by atoms with Crippen molar-refractivity contribution in [1.82, 2.24) is 4.98 Å². The number of pyridine rings is 1. The second kappa shape index (κ2) is 6.44. The summed E-state index contributed by atoms with van der Waals surface area (Å²) in [5.74, 6) is 0.567. The molecule has 0 amide bonds. The van der Waals surface area contributed by atoms with Gasteiger partial charge in [-0.3, -0.25) is 4.74 Å². The van der Waals surface area contributed by atoms with Crippen LogP contribution >= 0.6 is 0 Å². The van der Waals surface area contributed by atoms with Gasteiger partial charge in [-0.25, -0.2) is 4.98 Å². The largest absolute Gasteiger partial charge is 0.522 e. The Balaban J connectivity index is 2.51. The summed E-state index contributed by atoms with van der Waals surface area (Å²) in [4.78, 5) is 4.08. The summed E-state index contributed by atoms with van der Waals surface area (Å²) in [6, 6.07) is 3.28. The molecule has 1 aromatic rings. The van der Waals surface area contributed by atoms with Crippen LogP contribution in [0.1, 0.15) is 12.6 Å². The van der Waals surface area contributed by atoms with Crippen LogP contribution in [-0.4, -0.2) is 31.2 Å². The van der Waals surface area contributed by atoms with Crippen LogP contribution in [0.25, 0.3) is 0 Å². The first-order valence-electron chi connectivity index (χ1n) is 5.36. The van der Waals surface area contributed by atoms with Gasteiger partial charge in [-0.15, -0.1) is 13.2 Å². The van der Waals surface area contributed by atoms with Gasteiger partial charge in [0, 0.05) is 5.69 Å². The fraction of sp³-hybridized carbons (Fsp3) is 0.545. The van der Waals surface area contributed by atoms with E-state index in [0.717, 1.165) is 5.69 Å². The molecular weight excluding hydrogens is 251 g/mol. The van der Waals surface area contributed by atoms with Crippen molar-refractivity contribution in [1.29, 1.82) is 0 Å². The first-order chi connectivity index (χ1) is 8.42. The van der Waals surface area contributed by atoms with E-state index in [4.69, 9.17) is 9.47 Å². The van der Waals surface area contributed by atoms with E-state index < -0.39 is 13.0 Å². The lowest BCUT2D eigenvalue weighted by atomic mass is 10.3. The van der Waals surface area contributed by atoms with E-state index in [1.54, 1.807) is 26.0 Å². The van der Waals surface area contributed by atoms with Gasteiger partial charge in [0.15, 0.2) is 5.75 Å². The first-order valence-corrected chi connectivity index (χ1v) is 5.36. The van der Waals surface area contributed by atoms with Crippen LogP contribution in [0.15, 0.2) is 12.1 Å². The number of hydrogen-bond donors (Lipinski definition) is 0. The quantitative estimate of drug-likeness (QED) is 0.741. The summed E-state index contributed by atoms with van der Waals surface area (Å²) in [6.45, 7) is 3.14. The first kappa shape index (κ1) is 14.6. The van der Waals surface area contributed by atoms with Crippen molar-refractivity contribution in [3.05, 3.63) is 17.8 Å². The third-order valence-electron chi connectivity index (χ3n) is 1.85. The molecule has 0 N–H and O–H groups in total. The maximum Gasteiger partial charge on any atom is 0.522 e. The van der Waals surface area contributed by atoms with E-state index >= 15 is 0 Å². The van der Waals surface area contributed by atoms with Crippen molar-refractivity contribution in [2.75, 3.05) is 19.8 Å². The van der Waals surface area contributed by atoms with Gasteiger partial charge < -0.3 is 9.47 Å². The molecule has 0 aliphatic heterocycles. The molecule has 1 aromatic heterocycles. The number of nitrogens with zero attached hydrogens (tertiary/aromatic N) is 1. The number of alkyl halides is 3.